The van der Waals surface area contributed by atoms with Gasteiger partial charge in [-0.05, 0) is 31.0 Å². The van der Waals surface area contributed by atoms with Gasteiger partial charge in [0.2, 0.25) is 5.91 Å². The van der Waals surface area contributed by atoms with Gasteiger partial charge < -0.3 is 9.64 Å². The highest BCUT2D eigenvalue weighted by Gasteiger charge is 2.41. The normalized spacial score (nSPS) is 23.6. The molecule has 0 aliphatic carbocycles. The molecule has 1 amide bonds. The van der Waals surface area contributed by atoms with E-state index in [4.69, 9.17) is 4.74 Å². The molecular formula is C15H22N2O2. The molecule has 104 valence electrons. The first-order valence-electron chi connectivity index (χ1n) is 6.71. The first-order chi connectivity index (χ1) is 9.02. The number of nitrogens with one attached hydrogen (secondary N) is 1. The Labute approximate surface area is 114 Å². The molecule has 1 aliphatic rings. The van der Waals surface area contributed by atoms with E-state index >= 15 is 0 Å². The lowest BCUT2D eigenvalue weighted by Crippen LogP contribution is -2.59. The Hall–Kier alpha value is -1.55. The van der Waals surface area contributed by atoms with Crippen molar-refractivity contribution >= 4 is 5.91 Å². The Kier molecular flexibility index (Phi) is 3.80. The number of ether oxygens (including phenoxy) is 1. The van der Waals surface area contributed by atoms with Crippen LogP contribution >= 0.6 is 0 Å². The molecule has 2 rings (SSSR count). The maximum absolute atomic E-state index is 12.5. The van der Waals surface area contributed by atoms with Crippen LogP contribution in [0.5, 0.6) is 5.75 Å². The third-order valence-electron chi connectivity index (χ3n) is 3.91. The Morgan fingerprint density at radius 1 is 1.47 bits per heavy atom. The molecule has 0 radical (unpaired) electrons. The molecule has 4 nitrogen and oxygen atoms in total. The monoisotopic (exact) mass is 262 g/mol. The van der Waals surface area contributed by atoms with Gasteiger partial charge in [0, 0.05) is 25.7 Å². The zero-order chi connectivity index (χ0) is 14.0. The fourth-order valence-electron chi connectivity index (χ4n) is 2.61. The van der Waals surface area contributed by atoms with Crippen molar-refractivity contribution in [1.29, 1.82) is 0 Å². The predicted octanol–water partition coefficient (Wildman–Crippen LogP) is 1.53. The van der Waals surface area contributed by atoms with Crippen molar-refractivity contribution in [3.05, 3.63) is 29.3 Å². The number of methoxy groups -OCH3 is 1. The second kappa shape index (κ2) is 5.21. The van der Waals surface area contributed by atoms with Crippen LogP contribution in [0.1, 0.15) is 25.0 Å². The van der Waals surface area contributed by atoms with E-state index in [0.29, 0.717) is 0 Å². The van der Waals surface area contributed by atoms with E-state index in [-0.39, 0.29) is 5.91 Å². The number of hydrogen-bond donors (Lipinski definition) is 1. The summed E-state index contributed by atoms with van der Waals surface area (Å²) in [5, 5.41) is 3.35. The largest absolute Gasteiger partial charge is 0.496 e. The molecule has 19 heavy (non-hydrogen) atoms. The van der Waals surface area contributed by atoms with Crippen molar-refractivity contribution in [2.75, 3.05) is 27.2 Å². The first-order valence-corrected chi connectivity index (χ1v) is 6.71. The van der Waals surface area contributed by atoms with E-state index < -0.39 is 5.54 Å². The van der Waals surface area contributed by atoms with E-state index in [0.717, 1.165) is 30.8 Å². The van der Waals surface area contributed by atoms with Crippen molar-refractivity contribution in [3.8, 4) is 5.75 Å². The maximum Gasteiger partial charge on any atom is 0.247 e. The SMILES string of the molecule is CCc1ccc(OC)c(C2(C)NCCN(C)C2=O)c1. The molecule has 1 fully saturated rings. The Morgan fingerprint density at radius 3 is 2.84 bits per heavy atom. The van der Waals surface area contributed by atoms with Crippen LogP contribution in [0.15, 0.2) is 18.2 Å². The summed E-state index contributed by atoms with van der Waals surface area (Å²) in [5.74, 6) is 0.848. The topological polar surface area (TPSA) is 41.6 Å². The van der Waals surface area contributed by atoms with Crippen LogP contribution < -0.4 is 10.1 Å². The minimum atomic E-state index is -0.705. The first kappa shape index (κ1) is 13.9. The molecule has 0 bridgehead atoms. The zero-order valence-electron chi connectivity index (χ0n) is 12.1. The predicted molar refractivity (Wildman–Crippen MR) is 75.4 cm³/mol. The average Bonchev–Trinajstić information content (AvgIpc) is 2.44. The summed E-state index contributed by atoms with van der Waals surface area (Å²) in [4.78, 5) is 14.3. The van der Waals surface area contributed by atoms with Crippen LogP contribution in [-0.2, 0) is 16.8 Å². The molecule has 1 saturated heterocycles. The van der Waals surface area contributed by atoms with Gasteiger partial charge in [-0.25, -0.2) is 0 Å². The third-order valence-corrected chi connectivity index (χ3v) is 3.91. The van der Waals surface area contributed by atoms with Crippen LogP contribution in [0.25, 0.3) is 0 Å². The van der Waals surface area contributed by atoms with Gasteiger partial charge >= 0.3 is 0 Å². The summed E-state index contributed by atoms with van der Waals surface area (Å²) in [5.41, 5.74) is 1.43. The molecule has 0 spiro atoms. The van der Waals surface area contributed by atoms with E-state index in [1.807, 2.05) is 26.1 Å². The molecule has 0 saturated carbocycles. The van der Waals surface area contributed by atoms with Gasteiger partial charge in [0.1, 0.15) is 11.3 Å². The molecular weight excluding hydrogens is 240 g/mol. The van der Waals surface area contributed by atoms with Crippen molar-refractivity contribution in [3.63, 3.8) is 0 Å². The molecule has 1 atom stereocenters. The molecule has 1 aromatic rings. The maximum atomic E-state index is 12.5. The minimum Gasteiger partial charge on any atom is -0.496 e. The fraction of sp³-hybridized carbons (Fsp3) is 0.533. The standard InChI is InChI=1S/C15H22N2O2/c1-5-11-6-7-13(19-4)12(10-11)15(2)14(18)17(3)9-8-16-15/h6-7,10,16H,5,8-9H2,1-4H3. The number of carbonyl (C=O) groups excluding carboxylic acids is 1. The van der Waals surface area contributed by atoms with Crippen molar-refractivity contribution < 1.29 is 9.53 Å². The van der Waals surface area contributed by atoms with Crippen LogP contribution in [0.2, 0.25) is 0 Å². The van der Waals surface area contributed by atoms with Crippen molar-refractivity contribution in [1.82, 2.24) is 10.2 Å². The Balaban J connectivity index is 2.51. The van der Waals surface area contributed by atoms with Gasteiger partial charge in [0.15, 0.2) is 0 Å². The van der Waals surface area contributed by atoms with E-state index in [9.17, 15) is 4.79 Å². The third kappa shape index (κ3) is 2.32. The number of rotatable bonds is 3. The number of nitrogens with zero attached hydrogens (tertiary/aromatic N) is 1. The van der Waals surface area contributed by atoms with Crippen LogP contribution in [0.4, 0.5) is 0 Å². The molecule has 1 aliphatic heterocycles. The highest BCUT2D eigenvalue weighted by atomic mass is 16.5. The highest BCUT2D eigenvalue weighted by Crippen LogP contribution is 2.33. The molecule has 4 heteroatoms. The number of amides is 1. The Bertz CT molecular complexity index is 487. The molecule has 1 heterocycles. The lowest BCUT2D eigenvalue weighted by molar-refractivity contribution is -0.139. The quantitative estimate of drug-likeness (QED) is 0.898. The molecule has 1 unspecified atom stereocenters. The lowest BCUT2D eigenvalue weighted by atomic mass is 9.86. The van der Waals surface area contributed by atoms with Gasteiger partial charge in [0.25, 0.3) is 0 Å². The van der Waals surface area contributed by atoms with E-state index in [1.165, 1.54) is 5.56 Å². The summed E-state index contributed by atoms with van der Waals surface area (Å²) in [6.07, 6.45) is 0.942. The van der Waals surface area contributed by atoms with Gasteiger partial charge in [-0.15, -0.1) is 0 Å². The van der Waals surface area contributed by atoms with E-state index in [2.05, 4.69) is 18.3 Å². The number of aryl methyl sites for hydroxylation is 1. The van der Waals surface area contributed by atoms with Crippen molar-refractivity contribution in [2.24, 2.45) is 0 Å². The van der Waals surface area contributed by atoms with E-state index in [1.54, 1.807) is 12.0 Å². The molecule has 1 N–H and O–H groups in total. The average molecular weight is 262 g/mol. The number of piperazine rings is 1. The summed E-state index contributed by atoms with van der Waals surface area (Å²) in [6, 6.07) is 6.06. The second-order valence-corrected chi connectivity index (χ2v) is 5.17. The molecule has 0 aromatic heterocycles. The van der Waals surface area contributed by atoms with Crippen molar-refractivity contribution in [2.45, 2.75) is 25.8 Å². The fourth-order valence-corrected chi connectivity index (χ4v) is 2.61. The number of hydrogen-bond acceptors (Lipinski definition) is 3. The number of benzene rings is 1. The summed E-state index contributed by atoms with van der Waals surface area (Å²) in [6.45, 7) is 5.57. The molecule has 1 aromatic carbocycles. The smallest absolute Gasteiger partial charge is 0.247 e. The minimum absolute atomic E-state index is 0.0882. The summed E-state index contributed by atoms with van der Waals surface area (Å²) in [7, 11) is 3.49. The summed E-state index contributed by atoms with van der Waals surface area (Å²) >= 11 is 0. The van der Waals surface area contributed by atoms with Crippen LogP contribution in [0.3, 0.4) is 0 Å². The van der Waals surface area contributed by atoms with Crippen LogP contribution in [0, 0.1) is 0 Å². The number of likely N-dealkylation sites (N-methyl/N-ethyl adjacent to an activating group) is 1. The van der Waals surface area contributed by atoms with Crippen LogP contribution in [-0.4, -0.2) is 38.1 Å². The van der Waals surface area contributed by atoms with Gasteiger partial charge in [-0.3, -0.25) is 10.1 Å². The highest BCUT2D eigenvalue weighted by molar-refractivity contribution is 5.88. The second-order valence-electron chi connectivity index (χ2n) is 5.17. The lowest BCUT2D eigenvalue weighted by Gasteiger charge is -2.39. The summed E-state index contributed by atoms with van der Waals surface area (Å²) < 4.78 is 5.44. The van der Waals surface area contributed by atoms with Gasteiger partial charge in [0.05, 0.1) is 7.11 Å². The zero-order valence-corrected chi connectivity index (χ0v) is 12.1. The van der Waals surface area contributed by atoms with Gasteiger partial charge in [-0.1, -0.05) is 13.0 Å². The Morgan fingerprint density at radius 2 is 2.21 bits per heavy atom. The van der Waals surface area contributed by atoms with Gasteiger partial charge in [-0.2, -0.15) is 0 Å². The number of carbonyl (C=O) groups is 1.